The second kappa shape index (κ2) is 6.02. The Morgan fingerprint density at radius 3 is 3.00 bits per heavy atom. The van der Waals surface area contributed by atoms with Crippen molar-refractivity contribution in [3.63, 3.8) is 0 Å². The largest absolute Gasteiger partial charge is 0.329 e. The zero-order chi connectivity index (χ0) is 14.8. The van der Waals surface area contributed by atoms with Crippen LogP contribution >= 0.6 is 23.4 Å². The van der Waals surface area contributed by atoms with Gasteiger partial charge in [0, 0.05) is 35.9 Å². The Bertz CT molecular complexity index is 617. The Labute approximate surface area is 125 Å². The Balaban J connectivity index is 2.31. The van der Waals surface area contributed by atoms with Crippen LogP contribution in [0.3, 0.4) is 0 Å². The van der Waals surface area contributed by atoms with Crippen molar-refractivity contribution < 1.29 is 8.78 Å². The summed E-state index contributed by atoms with van der Waals surface area (Å²) in [5, 5.41) is 3.56. The number of hydrogen-bond donors (Lipinski definition) is 0. The number of aromatic nitrogens is 2. The molecule has 0 aliphatic carbocycles. The molecule has 1 aliphatic heterocycles. The SMILES string of the molecule is C=CCc1nc(C(C)(F)F)cn1CC1=C(Cl)CC#CS1. The van der Waals surface area contributed by atoms with Gasteiger partial charge in [0.1, 0.15) is 11.5 Å². The number of allylic oxidation sites excluding steroid dienone is 3. The fourth-order valence-corrected chi connectivity index (χ4v) is 2.63. The molecule has 0 aromatic carbocycles. The molecule has 0 saturated heterocycles. The Hall–Kier alpha value is -1.25. The lowest BCUT2D eigenvalue weighted by molar-refractivity contribution is 0.0130. The molecular weight excluding hydrogens is 302 g/mol. The maximum absolute atomic E-state index is 13.4. The van der Waals surface area contributed by atoms with Crippen molar-refractivity contribution in [3.05, 3.63) is 40.3 Å². The van der Waals surface area contributed by atoms with Crippen LogP contribution in [0.15, 0.2) is 28.8 Å². The van der Waals surface area contributed by atoms with Crippen molar-refractivity contribution in [2.24, 2.45) is 0 Å². The van der Waals surface area contributed by atoms with Gasteiger partial charge in [0.25, 0.3) is 5.92 Å². The van der Waals surface area contributed by atoms with E-state index in [4.69, 9.17) is 11.6 Å². The van der Waals surface area contributed by atoms with Crippen molar-refractivity contribution in [3.8, 4) is 11.2 Å². The van der Waals surface area contributed by atoms with E-state index in [9.17, 15) is 8.78 Å². The summed E-state index contributed by atoms with van der Waals surface area (Å²) in [7, 11) is 0. The summed E-state index contributed by atoms with van der Waals surface area (Å²) in [6.07, 6.45) is 3.95. The zero-order valence-electron chi connectivity index (χ0n) is 10.9. The third-order valence-electron chi connectivity index (χ3n) is 2.74. The van der Waals surface area contributed by atoms with Crippen molar-refractivity contribution in [1.82, 2.24) is 9.55 Å². The molecular formula is C14H13ClF2N2S. The minimum Gasteiger partial charge on any atom is -0.329 e. The third kappa shape index (κ3) is 3.44. The smallest absolute Gasteiger partial charge is 0.288 e. The van der Waals surface area contributed by atoms with E-state index in [1.165, 1.54) is 18.0 Å². The highest BCUT2D eigenvalue weighted by atomic mass is 35.5. The average molecular weight is 315 g/mol. The van der Waals surface area contributed by atoms with Gasteiger partial charge in [-0.05, 0) is 17.0 Å². The molecule has 1 aliphatic rings. The molecule has 1 aromatic heterocycles. The van der Waals surface area contributed by atoms with Crippen LogP contribution in [0.4, 0.5) is 8.78 Å². The molecule has 0 spiro atoms. The maximum Gasteiger partial charge on any atom is 0.288 e. The molecule has 2 rings (SSSR count). The molecule has 1 aromatic rings. The number of hydrogen-bond acceptors (Lipinski definition) is 2. The molecule has 0 bridgehead atoms. The van der Waals surface area contributed by atoms with Gasteiger partial charge in [0.2, 0.25) is 0 Å². The molecule has 0 N–H and O–H groups in total. The van der Waals surface area contributed by atoms with E-state index >= 15 is 0 Å². The van der Waals surface area contributed by atoms with E-state index in [1.54, 1.807) is 10.6 Å². The summed E-state index contributed by atoms with van der Waals surface area (Å²) >= 11 is 7.45. The molecule has 2 nitrogen and oxygen atoms in total. The van der Waals surface area contributed by atoms with E-state index in [2.05, 4.69) is 22.7 Å². The van der Waals surface area contributed by atoms with Crippen LogP contribution in [0.2, 0.25) is 0 Å². The highest BCUT2D eigenvalue weighted by Gasteiger charge is 2.29. The van der Waals surface area contributed by atoms with Crippen LogP contribution in [0, 0.1) is 11.2 Å². The minimum absolute atomic E-state index is 0.238. The minimum atomic E-state index is -2.96. The monoisotopic (exact) mass is 314 g/mol. The summed E-state index contributed by atoms with van der Waals surface area (Å²) in [6, 6.07) is 0. The first kappa shape index (κ1) is 15.1. The van der Waals surface area contributed by atoms with Crippen LogP contribution in [0.5, 0.6) is 0 Å². The first-order chi connectivity index (χ1) is 9.41. The molecule has 2 heterocycles. The van der Waals surface area contributed by atoms with Crippen LogP contribution in [-0.2, 0) is 18.9 Å². The van der Waals surface area contributed by atoms with Gasteiger partial charge in [-0.15, -0.1) is 6.58 Å². The first-order valence-corrected chi connectivity index (χ1v) is 7.18. The maximum atomic E-state index is 13.4. The summed E-state index contributed by atoms with van der Waals surface area (Å²) in [5.41, 5.74) is -0.238. The third-order valence-corrected chi connectivity index (χ3v) is 4.08. The van der Waals surface area contributed by atoms with Gasteiger partial charge in [0.15, 0.2) is 0 Å². The lowest BCUT2D eigenvalue weighted by Gasteiger charge is -2.11. The Morgan fingerprint density at radius 1 is 1.65 bits per heavy atom. The normalized spacial score (nSPS) is 15.0. The van der Waals surface area contributed by atoms with E-state index in [-0.39, 0.29) is 5.69 Å². The molecule has 0 amide bonds. The van der Waals surface area contributed by atoms with Crippen molar-refractivity contribution in [1.29, 1.82) is 0 Å². The zero-order valence-corrected chi connectivity index (χ0v) is 12.5. The van der Waals surface area contributed by atoms with E-state index in [0.29, 0.717) is 30.2 Å². The molecule has 106 valence electrons. The highest BCUT2D eigenvalue weighted by molar-refractivity contribution is 8.07. The molecule has 0 saturated carbocycles. The summed E-state index contributed by atoms with van der Waals surface area (Å²) in [5.74, 6) is 0.471. The van der Waals surface area contributed by atoms with Gasteiger partial charge >= 0.3 is 0 Å². The van der Waals surface area contributed by atoms with Crippen LogP contribution in [-0.4, -0.2) is 9.55 Å². The summed E-state index contributed by atoms with van der Waals surface area (Å²) in [4.78, 5) is 4.87. The van der Waals surface area contributed by atoms with Gasteiger partial charge in [-0.25, -0.2) is 4.98 Å². The summed E-state index contributed by atoms with van der Waals surface area (Å²) in [6.45, 7) is 4.87. The van der Waals surface area contributed by atoms with E-state index < -0.39 is 5.92 Å². The lowest BCUT2D eigenvalue weighted by Crippen LogP contribution is -2.07. The van der Waals surface area contributed by atoms with Crippen molar-refractivity contribution >= 4 is 23.4 Å². The number of rotatable bonds is 5. The quantitative estimate of drug-likeness (QED) is 0.596. The van der Waals surface area contributed by atoms with Crippen molar-refractivity contribution in [2.75, 3.05) is 0 Å². The lowest BCUT2D eigenvalue weighted by atomic mass is 10.3. The molecule has 0 unspecified atom stereocenters. The molecule has 0 atom stereocenters. The van der Waals surface area contributed by atoms with Gasteiger partial charge in [-0.1, -0.05) is 23.6 Å². The molecule has 0 fully saturated rings. The van der Waals surface area contributed by atoms with E-state index in [1.807, 2.05) is 0 Å². The van der Waals surface area contributed by atoms with Crippen LogP contribution < -0.4 is 0 Å². The highest BCUT2D eigenvalue weighted by Crippen LogP contribution is 2.31. The van der Waals surface area contributed by atoms with Gasteiger partial charge in [0.05, 0.1) is 6.54 Å². The van der Waals surface area contributed by atoms with Gasteiger partial charge in [-0.2, -0.15) is 8.78 Å². The predicted octanol–water partition coefficient (Wildman–Crippen LogP) is 4.27. The number of nitrogens with zero attached hydrogens (tertiary/aromatic N) is 2. The van der Waals surface area contributed by atoms with Gasteiger partial charge < -0.3 is 4.57 Å². The average Bonchev–Trinajstić information content (AvgIpc) is 2.76. The standard InChI is InChI=1S/C14H13ClF2N2S/c1-3-5-13-18-12(14(2,16)17)9-19(13)8-11-10(15)6-4-7-20-11/h3,9H,1,5-6,8H2,2H3. The van der Waals surface area contributed by atoms with Crippen LogP contribution in [0.25, 0.3) is 0 Å². The second-order valence-electron chi connectivity index (χ2n) is 4.44. The predicted molar refractivity (Wildman–Crippen MR) is 78.6 cm³/mol. The fraction of sp³-hybridized carbons (Fsp3) is 0.357. The second-order valence-corrected chi connectivity index (χ2v) is 5.79. The topological polar surface area (TPSA) is 17.8 Å². The van der Waals surface area contributed by atoms with E-state index in [0.717, 1.165) is 11.8 Å². The Morgan fingerprint density at radius 2 is 2.40 bits per heavy atom. The number of halogens is 3. The summed E-state index contributed by atoms with van der Waals surface area (Å²) < 4.78 is 28.4. The Kier molecular flexibility index (Phi) is 4.56. The number of alkyl halides is 2. The molecule has 20 heavy (non-hydrogen) atoms. The number of thioether (sulfide) groups is 1. The first-order valence-electron chi connectivity index (χ1n) is 5.99. The fourth-order valence-electron chi connectivity index (χ4n) is 1.73. The van der Waals surface area contributed by atoms with Gasteiger partial charge in [-0.3, -0.25) is 0 Å². The van der Waals surface area contributed by atoms with Crippen LogP contribution in [0.1, 0.15) is 24.9 Å². The molecule has 0 radical (unpaired) electrons. The number of imidazole rings is 1. The molecule has 6 heteroatoms. The van der Waals surface area contributed by atoms with Crippen molar-refractivity contribution in [2.45, 2.75) is 32.2 Å².